The molecule has 2 heterocycles. The number of amides is 1. The minimum atomic E-state index is -2.99. The van der Waals surface area contributed by atoms with Gasteiger partial charge >= 0.3 is 0 Å². The maximum absolute atomic E-state index is 12.5. The maximum Gasteiger partial charge on any atom is 0.223 e. The second-order valence-corrected chi connectivity index (χ2v) is 9.52. The van der Waals surface area contributed by atoms with Gasteiger partial charge in [0.15, 0.2) is 0 Å². The molecule has 3 rings (SSSR count). The van der Waals surface area contributed by atoms with Gasteiger partial charge in [-0.15, -0.1) is 0 Å². The fourth-order valence-electron chi connectivity index (χ4n) is 4.01. The summed E-state index contributed by atoms with van der Waals surface area (Å²) in [5.74, 6) is 1.78. The summed E-state index contributed by atoms with van der Waals surface area (Å²) in [6.45, 7) is 3.86. The molecule has 0 bridgehead atoms. The summed E-state index contributed by atoms with van der Waals surface area (Å²) in [6, 6.07) is 0. The summed E-state index contributed by atoms with van der Waals surface area (Å²) >= 11 is 0. The molecule has 6 heteroatoms. The summed E-state index contributed by atoms with van der Waals surface area (Å²) in [6.07, 6.45) is 5.64. The molecule has 1 saturated carbocycles. The Labute approximate surface area is 127 Å². The van der Waals surface area contributed by atoms with Crippen molar-refractivity contribution in [3.8, 4) is 0 Å². The van der Waals surface area contributed by atoms with Crippen LogP contribution >= 0.6 is 0 Å². The molecular weight excluding hydrogens is 288 g/mol. The Morgan fingerprint density at radius 1 is 1.19 bits per heavy atom. The van der Waals surface area contributed by atoms with E-state index in [1.54, 1.807) is 0 Å². The number of nitrogens with zero attached hydrogens (tertiary/aromatic N) is 1. The van der Waals surface area contributed by atoms with Crippen LogP contribution in [-0.2, 0) is 14.6 Å². The van der Waals surface area contributed by atoms with Gasteiger partial charge in [0, 0.05) is 25.8 Å². The van der Waals surface area contributed by atoms with E-state index in [2.05, 4.69) is 5.32 Å². The number of hydrogen-bond acceptors (Lipinski definition) is 4. The van der Waals surface area contributed by atoms with Crippen molar-refractivity contribution >= 4 is 15.7 Å². The zero-order valence-electron chi connectivity index (χ0n) is 12.8. The number of hydrogen-bond donors (Lipinski definition) is 1. The topological polar surface area (TPSA) is 66.5 Å². The molecule has 0 aromatic heterocycles. The summed E-state index contributed by atoms with van der Waals surface area (Å²) in [5.41, 5.74) is -0.242. The van der Waals surface area contributed by atoms with Crippen molar-refractivity contribution in [3.05, 3.63) is 0 Å². The molecule has 0 unspecified atom stereocenters. The van der Waals surface area contributed by atoms with Crippen molar-refractivity contribution < 1.29 is 13.2 Å². The predicted molar refractivity (Wildman–Crippen MR) is 81.7 cm³/mol. The molecular formula is C15H26N2O3S. The van der Waals surface area contributed by atoms with E-state index in [-0.39, 0.29) is 17.1 Å². The first-order chi connectivity index (χ1) is 9.87. The van der Waals surface area contributed by atoms with Crippen molar-refractivity contribution in [2.75, 3.05) is 38.2 Å². The number of fused-ring (bicyclic) bond motifs is 1. The molecule has 21 heavy (non-hydrogen) atoms. The molecule has 3 fully saturated rings. The number of sulfone groups is 1. The van der Waals surface area contributed by atoms with E-state index in [4.69, 9.17) is 0 Å². The molecule has 2 saturated heterocycles. The quantitative estimate of drug-likeness (QED) is 0.828. The second-order valence-electron chi connectivity index (χ2n) is 7.38. The van der Waals surface area contributed by atoms with Gasteiger partial charge in [-0.05, 0) is 56.0 Å². The van der Waals surface area contributed by atoms with Crippen LogP contribution in [-0.4, -0.2) is 57.4 Å². The molecule has 5 nitrogen and oxygen atoms in total. The predicted octanol–water partition coefficient (Wildman–Crippen LogP) is 0.659. The van der Waals surface area contributed by atoms with Crippen molar-refractivity contribution in [1.29, 1.82) is 0 Å². The van der Waals surface area contributed by atoms with Crippen LogP contribution in [0.25, 0.3) is 0 Å². The number of nitrogens with one attached hydrogen (secondary N) is 1. The van der Waals surface area contributed by atoms with Crippen LogP contribution in [0.4, 0.5) is 0 Å². The van der Waals surface area contributed by atoms with Crippen LogP contribution in [0.15, 0.2) is 0 Å². The Balaban J connectivity index is 1.56. The lowest BCUT2D eigenvalue weighted by atomic mass is 9.92. The standard InChI is InChI=1S/C15H26N2O3S/c1-21(19,20)11-15(4-5-15)8-14(18)17-6-2-12-9-16-10-13(12)3-7-17/h12-13,16H,2-11H2,1H3/t12-,13+. The van der Waals surface area contributed by atoms with Gasteiger partial charge in [-0.1, -0.05) is 0 Å². The van der Waals surface area contributed by atoms with E-state index in [0.717, 1.165) is 51.9 Å². The van der Waals surface area contributed by atoms with Crippen LogP contribution in [0.1, 0.15) is 32.1 Å². The van der Waals surface area contributed by atoms with Crippen LogP contribution < -0.4 is 5.32 Å². The fraction of sp³-hybridized carbons (Fsp3) is 0.933. The molecule has 2 aliphatic heterocycles. The Morgan fingerprint density at radius 3 is 2.24 bits per heavy atom. The number of carbonyl (C=O) groups is 1. The molecule has 0 aromatic rings. The first-order valence-electron chi connectivity index (χ1n) is 8.03. The van der Waals surface area contributed by atoms with E-state index >= 15 is 0 Å². The Kier molecular flexibility index (Phi) is 4.03. The lowest BCUT2D eigenvalue weighted by Gasteiger charge is -2.23. The van der Waals surface area contributed by atoms with Crippen molar-refractivity contribution in [1.82, 2.24) is 10.2 Å². The Bertz CT molecular complexity index is 499. The second kappa shape index (κ2) is 5.54. The molecule has 0 aromatic carbocycles. The van der Waals surface area contributed by atoms with Crippen LogP contribution in [0.5, 0.6) is 0 Å². The summed E-state index contributed by atoms with van der Waals surface area (Å²) in [7, 11) is -2.99. The third kappa shape index (κ3) is 3.77. The first-order valence-corrected chi connectivity index (χ1v) is 10.1. The Morgan fingerprint density at radius 2 is 1.76 bits per heavy atom. The minimum Gasteiger partial charge on any atom is -0.343 e. The molecule has 0 spiro atoms. The van der Waals surface area contributed by atoms with E-state index in [1.165, 1.54) is 6.26 Å². The lowest BCUT2D eigenvalue weighted by molar-refractivity contribution is -0.132. The average molecular weight is 314 g/mol. The Hall–Kier alpha value is -0.620. The highest BCUT2D eigenvalue weighted by Crippen LogP contribution is 2.50. The van der Waals surface area contributed by atoms with Crippen LogP contribution in [0.3, 0.4) is 0 Å². The third-order valence-electron chi connectivity index (χ3n) is 5.42. The normalized spacial score (nSPS) is 31.6. The molecule has 1 N–H and O–H groups in total. The molecule has 2 atom stereocenters. The lowest BCUT2D eigenvalue weighted by Crippen LogP contribution is -2.35. The van der Waals surface area contributed by atoms with E-state index in [1.807, 2.05) is 4.90 Å². The fourth-order valence-corrected chi connectivity index (χ4v) is 5.51. The largest absolute Gasteiger partial charge is 0.343 e. The number of likely N-dealkylation sites (tertiary alicyclic amines) is 1. The molecule has 1 amide bonds. The zero-order chi connectivity index (χ0) is 15.1. The van der Waals surface area contributed by atoms with Crippen molar-refractivity contribution in [2.24, 2.45) is 17.3 Å². The molecule has 0 radical (unpaired) electrons. The SMILES string of the molecule is CS(=O)(=O)CC1(CC(=O)N2CC[C@@H]3CNC[C@@H]3CC2)CC1. The van der Waals surface area contributed by atoms with Gasteiger partial charge in [0.25, 0.3) is 0 Å². The number of rotatable bonds is 4. The zero-order valence-corrected chi connectivity index (χ0v) is 13.6. The van der Waals surface area contributed by atoms with Gasteiger partial charge in [0.1, 0.15) is 9.84 Å². The van der Waals surface area contributed by atoms with Gasteiger partial charge in [-0.2, -0.15) is 0 Å². The van der Waals surface area contributed by atoms with E-state index < -0.39 is 9.84 Å². The van der Waals surface area contributed by atoms with E-state index in [0.29, 0.717) is 18.3 Å². The van der Waals surface area contributed by atoms with Gasteiger partial charge in [-0.25, -0.2) is 8.42 Å². The summed E-state index contributed by atoms with van der Waals surface area (Å²) in [4.78, 5) is 14.5. The molecule has 120 valence electrons. The summed E-state index contributed by atoms with van der Waals surface area (Å²) < 4.78 is 23.0. The highest BCUT2D eigenvalue weighted by molar-refractivity contribution is 7.90. The smallest absolute Gasteiger partial charge is 0.223 e. The average Bonchev–Trinajstić information content (AvgIpc) is 3.01. The van der Waals surface area contributed by atoms with E-state index in [9.17, 15) is 13.2 Å². The van der Waals surface area contributed by atoms with Gasteiger partial charge in [-0.3, -0.25) is 4.79 Å². The third-order valence-corrected chi connectivity index (χ3v) is 6.56. The highest BCUT2D eigenvalue weighted by Gasteiger charge is 2.47. The van der Waals surface area contributed by atoms with Crippen LogP contribution in [0.2, 0.25) is 0 Å². The first kappa shape index (κ1) is 15.3. The minimum absolute atomic E-state index is 0.170. The van der Waals surface area contributed by atoms with Gasteiger partial charge in [0.2, 0.25) is 5.91 Å². The van der Waals surface area contributed by atoms with Crippen LogP contribution in [0, 0.1) is 17.3 Å². The molecule has 3 aliphatic rings. The molecule has 1 aliphatic carbocycles. The highest BCUT2D eigenvalue weighted by atomic mass is 32.2. The maximum atomic E-state index is 12.5. The van der Waals surface area contributed by atoms with Crippen molar-refractivity contribution in [2.45, 2.75) is 32.1 Å². The monoisotopic (exact) mass is 314 g/mol. The van der Waals surface area contributed by atoms with Crippen molar-refractivity contribution in [3.63, 3.8) is 0 Å². The van der Waals surface area contributed by atoms with Gasteiger partial charge < -0.3 is 10.2 Å². The van der Waals surface area contributed by atoms with Gasteiger partial charge in [0.05, 0.1) is 5.75 Å². The summed E-state index contributed by atoms with van der Waals surface area (Å²) in [5, 5.41) is 3.44. The number of carbonyl (C=O) groups excluding carboxylic acids is 1.